The molecular weight excluding hydrogens is 250 g/mol. The van der Waals surface area contributed by atoms with E-state index in [1.165, 1.54) is 38.1 Å². The molecule has 0 saturated carbocycles. The quantitative estimate of drug-likeness (QED) is 0.782. The first-order valence-corrected chi connectivity index (χ1v) is 6.06. The summed E-state index contributed by atoms with van der Waals surface area (Å²) in [4.78, 5) is 11.0. The predicted octanol–water partition coefficient (Wildman–Crippen LogP) is 2.34. The second-order valence-corrected chi connectivity index (χ2v) is 5.07. The van der Waals surface area contributed by atoms with E-state index in [1.807, 2.05) is 0 Å². The summed E-state index contributed by atoms with van der Waals surface area (Å²) in [5.41, 5.74) is 0. The van der Waals surface area contributed by atoms with Crippen molar-refractivity contribution in [1.29, 1.82) is 0 Å². The van der Waals surface area contributed by atoms with E-state index >= 15 is 0 Å². The Morgan fingerprint density at radius 2 is 1.82 bits per heavy atom. The summed E-state index contributed by atoms with van der Waals surface area (Å²) in [6.45, 7) is 2.89. The Morgan fingerprint density at radius 3 is 2.29 bits per heavy atom. The molecule has 1 unspecified atom stereocenters. The van der Waals surface area contributed by atoms with Gasteiger partial charge in [-0.25, -0.2) is 9.00 Å². The highest BCUT2D eigenvalue weighted by Crippen LogP contribution is 2.26. The average Bonchev–Trinajstić information content (AvgIpc) is 2.28. The van der Waals surface area contributed by atoms with E-state index in [0.717, 1.165) is 0 Å². The van der Waals surface area contributed by atoms with E-state index in [-0.39, 0.29) is 4.90 Å². The van der Waals surface area contributed by atoms with Crippen LogP contribution >= 0.6 is 0 Å². The molecule has 0 spiro atoms. The third-order valence-electron chi connectivity index (χ3n) is 1.77. The largest absolute Gasteiger partial charge is 0.458 e. The molecule has 0 saturated heterocycles. The van der Waals surface area contributed by atoms with Crippen LogP contribution in [0, 0.1) is 0 Å². The Kier molecular flexibility index (Phi) is 4.34. The van der Waals surface area contributed by atoms with Crippen LogP contribution in [0.25, 0.3) is 0 Å². The number of carbonyl (C=O) groups excluding carboxylic acids is 1. The van der Waals surface area contributed by atoms with Gasteiger partial charge in [0.1, 0.15) is 10.8 Å². The number of esters is 1. The lowest BCUT2D eigenvalue weighted by atomic mass is 10.4. The van der Waals surface area contributed by atoms with Gasteiger partial charge in [0.05, 0.1) is 6.10 Å². The number of hydrogen-bond acceptors (Lipinski definition) is 3. The first-order valence-electron chi connectivity index (χ1n) is 4.91. The molecule has 0 N–H and O–H groups in total. The number of carbonyl (C=O) groups is 1. The van der Waals surface area contributed by atoms with E-state index in [2.05, 4.69) is 4.74 Å². The van der Waals surface area contributed by atoms with Crippen molar-refractivity contribution in [2.75, 3.05) is 0 Å². The van der Waals surface area contributed by atoms with E-state index in [0.29, 0.717) is 0 Å². The Bertz CT molecular complexity index is 418. The number of halogens is 2. The first-order chi connectivity index (χ1) is 7.85. The zero-order valence-corrected chi connectivity index (χ0v) is 10.2. The molecule has 0 amide bonds. The van der Waals surface area contributed by atoms with E-state index in [1.54, 1.807) is 6.07 Å². The lowest BCUT2D eigenvalue weighted by Gasteiger charge is -2.16. The molecule has 0 heterocycles. The van der Waals surface area contributed by atoms with Crippen LogP contribution < -0.4 is 0 Å². The van der Waals surface area contributed by atoms with Crippen molar-refractivity contribution in [3.8, 4) is 0 Å². The molecule has 1 aromatic carbocycles. The Labute approximate surface area is 100 Å². The average molecular weight is 262 g/mol. The molecule has 0 aliphatic heterocycles. The second-order valence-electron chi connectivity index (χ2n) is 3.55. The summed E-state index contributed by atoms with van der Waals surface area (Å²) in [7, 11) is -2.75. The summed E-state index contributed by atoms with van der Waals surface area (Å²) in [5.74, 6) is -1.77. The van der Waals surface area contributed by atoms with Crippen molar-refractivity contribution in [2.45, 2.75) is 30.1 Å². The van der Waals surface area contributed by atoms with Gasteiger partial charge in [-0.2, -0.15) is 8.78 Å². The highest BCUT2D eigenvalue weighted by Gasteiger charge is 2.48. The van der Waals surface area contributed by atoms with Crippen LogP contribution in [0.3, 0.4) is 0 Å². The van der Waals surface area contributed by atoms with Crippen molar-refractivity contribution in [3.05, 3.63) is 30.3 Å². The fraction of sp³-hybridized carbons (Fsp3) is 0.364. The SMILES string of the molecule is CC(C)OC(=O)C(F)(F)S(=O)c1ccccc1. The second kappa shape index (κ2) is 5.35. The van der Waals surface area contributed by atoms with Crippen molar-refractivity contribution in [1.82, 2.24) is 0 Å². The van der Waals surface area contributed by atoms with Gasteiger partial charge < -0.3 is 4.74 Å². The Morgan fingerprint density at radius 1 is 1.29 bits per heavy atom. The summed E-state index contributed by atoms with van der Waals surface area (Å²) in [5, 5.41) is -4.04. The molecule has 0 radical (unpaired) electrons. The van der Waals surface area contributed by atoms with E-state index < -0.39 is 28.1 Å². The molecule has 3 nitrogen and oxygen atoms in total. The van der Waals surface area contributed by atoms with E-state index in [4.69, 9.17) is 0 Å². The Balaban J connectivity index is 2.91. The predicted molar refractivity (Wildman–Crippen MR) is 59.0 cm³/mol. The zero-order chi connectivity index (χ0) is 13.1. The third-order valence-corrected chi connectivity index (χ3v) is 3.10. The minimum atomic E-state index is -4.04. The van der Waals surface area contributed by atoms with Crippen molar-refractivity contribution < 1.29 is 22.5 Å². The van der Waals surface area contributed by atoms with Crippen LogP contribution in [0.15, 0.2) is 35.2 Å². The van der Waals surface area contributed by atoms with Gasteiger partial charge in [0, 0.05) is 4.90 Å². The van der Waals surface area contributed by atoms with Gasteiger partial charge in [-0.15, -0.1) is 0 Å². The summed E-state index contributed by atoms with van der Waals surface area (Å²) < 4.78 is 42.9. The van der Waals surface area contributed by atoms with Gasteiger partial charge in [0.15, 0.2) is 0 Å². The molecule has 17 heavy (non-hydrogen) atoms. The monoisotopic (exact) mass is 262 g/mol. The topological polar surface area (TPSA) is 43.4 Å². The number of hydrogen-bond donors (Lipinski definition) is 0. The molecule has 0 aliphatic rings. The van der Waals surface area contributed by atoms with Crippen molar-refractivity contribution >= 4 is 16.8 Å². The van der Waals surface area contributed by atoms with Crippen LogP contribution in [-0.4, -0.2) is 21.5 Å². The third kappa shape index (κ3) is 3.33. The van der Waals surface area contributed by atoms with Gasteiger partial charge in [-0.05, 0) is 26.0 Å². The number of ether oxygens (including phenoxy) is 1. The van der Waals surface area contributed by atoms with Gasteiger partial charge in [-0.3, -0.25) is 0 Å². The maximum Gasteiger partial charge on any atom is 0.420 e. The van der Waals surface area contributed by atoms with Gasteiger partial charge in [-0.1, -0.05) is 18.2 Å². The molecule has 6 heteroatoms. The summed E-state index contributed by atoms with van der Waals surface area (Å²) in [6, 6.07) is 7.08. The highest BCUT2D eigenvalue weighted by atomic mass is 32.2. The maximum atomic E-state index is 13.5. The van der Waals surface area contributed by atoms with Crippen LogP contribution in [0.5, 0.6) is 0 Å². The number of benzene rings is 1. The normalized spacial score (nSPS) is 13.5. The van der Waals surface area contributed by atoms with Crippen LogP contribution in [0.4, 0.5) is 8.78 Å². The van der Waals surface area contributed by atoms with Crippen molar-refractivity contribution in [2.24, 2.45) is 0 Å². The smallest absolute Gasteiger partial charge is 0.420 e. The molecule has 0 aromatic heterocycles. The summed E-state index contributed by atoms with van der Waals surface area (Å²) in [6.07, 6.45) is -0.679. The minimum Gasteiger partial charge on any atom is -0.458 e. The fourth-order valence-electron chi connectivity index (χ4n) is 1.05. The molecule has 0 bridgehead atoms. The van der Waals surface area contributed by atoms with Crippen LogP contribution in [0.2, 0.25) is 0 Å². The maximum absolute atomic E-state index is 13.5. The lowest BCUT2D eigenvalue weighted by Crippen LogP contribution is -2.36. The standard InChI is InChI=1S/C11H12F2O3S/c1-8(2)16-10(14)11(12,13)17(15)9-6-4-3-5-7-9/h3-8H,1-2H3. The molecular formula is C11H12F2O3S. The first kappa shape index (κ1) is 13.8. The molecule has 0 aliphatic carbocycles. The molecule has 1 rings (SSSR count). The van der Waals surface area contributed by atoms with Crippen LogP contribution in [0.1, 0.15) is 13.8 Å². The Hall–Kier alpha value is -1.30. The van der Waals surface area contributed by atoms with Gasteiger partial charge in [0.25, 0.3) is 0 Å². The van der Waals surface area contributed by atoms with Crippen LogP contribution in [-0.2, 0) is 20.3 Å². The minimum absolute atomic E-state index is 0.113. The number of rotatable bonds is 4. The molecule has 1 aromatic rings. The van der Waals surface area contributed by atoms with Gasteiger partial charge >= 0.3 is 11.2 Å². The van der Waals surface area contributed by atoms with Crippen molar-refractivity contribution in [3.63, 3.8) is 0 Å². The van der Waals surface area contributed by atoms with Gasteiger partial charge in [0.2, 0.25) is 0 Å². The van der Waals surface area contributed by atoms with E-state index in [9.17, 15) is 17.8 Å². The molecule has 1 atom stereocenters. The molecule has 94 valence electrons. The zero-order valence-electron chi connectivity index (χ0n) is 9.35. The highest BCUT2D eigenvalue weighted by molar-refractivity contribution is 7.87. The summed E-state index contributed by atoms with van der Waals surface area (Å²) >= 11 is 0. The lowest BCUT2D eigenvalue weighted by molar-refractivity contribution is -0.164. The fourth-order valence-corrected chi connectivity index (χ4v) is 1.95. The molecule has 0 fully saturated rings. The number of alkyl halides is 2.